The van der Waals surface area contributed by atoms with E-state index in [1.54, 1.807) is 11.3 Å². The molecule has 0 bridgehead atoms. The average molecular weight is 593 g/mol. The number of nitrogens with zero attached hydrogens (tertiary/aromatic N) is 2. The minimum Gasteiger partial charge on any atom is -0.455 e. The van der Waals surface area contributed by atoms with Gasteiger partial charge in [0.15, 0.2) is 0 Å². The number of rotatable bonds is 3. The molecule has 0 aliphatic rings. The molecule has 0 atom stereocenters. The van der Waals surface area contributed by atoms with Crippen LogP contribution in [0, 0.1) is 0 Å². The third kappa shape index (κ3) is 3.67. The second-order valence-electron chi connectivity index (χ2n) is 11.6. The fourth-order valence-corrected chi connectivity index (χ4v) is 8.02. The van der Waals surface area contributed by atoms with Crippen LogP contribution in [-0.2, 0) is 0 Å². The summed E-state index contributed by atoms with van der Waals surface area (Å²) >= 11 is 1.74. The molecule has 7 aromatic carbocycles. The highest BCUT2D eigenvalue weighted by Crippen LogP contribution is 2.44. The Bertz CT molecular complexity index is 2750. The lowest BCUT2D eigenvalue weighted by Gasteiger charge is -2.09. The van der Waals surface area contributed by atoms with Gasteiger partial charge in [0.05, 0.1) is 21.3 Å². The van der Waals surface area contributed by atoms with E-state index < -0.39 is 0 Å². The van der Waals surface area contributed by atoms with Crippen molar-refractivity contribution in [1.82, 2.24) is 9.55 Å². The number of hydrogen-bond donors (Lipinski definition) is 0. The maximum absolute atomic E-state index is 6.49. The predicted molar refractivity (Wildman–Crippen MR) is 190 cm³/mol. The maximum Gasteiger partial charge on any atom is 0.144 e. The van der Waals surface area contributed by atoms with Crippen molar-refractivity contribution in [1.29, 1.82) is 0 Å². The number of hydrogen-bond acceptors (Lipinski definition) is 3. The molecule has 0 aliphatic carbocycles. The van der Waals surface area contributed by atoms with Crippen LogP contribution >= 0.6 is 11.3 Å². The third-order valence-corrected chi connectivity index (χ3v) is 10.1. The van der Waals surface area contributed by atoms with Gasteiger partial charge in [-0.3, -0.25) is 0 Å². The molecule has 3 aromatic heterocycles. The minimum absolute atomic E-state index is 0.899. The van der Waals surface area contributed by atoms with E-state index in [9.17, 15) is 0 Å². The van der Waals surface area contributed by atoms with Crippen LogP contribution in [0.2, 0.25) is 0 Å². The number of aromatic nitrogens is 2. The van der Waals surface area contributed by atoms with Crippen LogP contribution in [0.4, 0.5) is 0 Å². The Morgan fingerprint density at radius 2 is 1.27 bits per heavy atom. The molecule has 0 unspecified atom stereocenters. The first-order valence-electron chi connectivity index (χ1n) is 15.1. The van der Waals surface area contributed by atoms with E-state index in [1.165, 1.54) is 32.6 Å². The normalized spacial score (nSPS) is 12.0. The Labute approximate surface area is 262 Å². The maximum atomic E-state index is 6.49. The summed E-state index contributed by atoms with van der Waals surface area (Å²) < 4.78 is 10.0. The number of para-hydroxylation sites is 2. The van der Waals surface area contributed by atoms with Crippen molar-refractivity contribution >= 4 is 76.1 Å². The van der Waals surface area contributed by atoms with Crippen molar-refractivity contribution in [2.45, 2.75) is 0 Å². The molecular formula is C41H24N2OS. The van der Waals surface area contributed by atoms with Gasteiger partial charge in [0.2, 0.25) is 0 Å². The summed E-state index contributed by atoms with van der Waals surface area (Å²) in [5.74, 6) is 0. The average Bonchev–Trinajstić information content (AvgIpc) is 3.79. The third-order valence-electron chi connectivity index (χ3n) is 9.00. The topological polar surface area (TPSA) is 31.0 Å². The van der Waals surface area contributed by atoms with Crippen molar-refractivity contribution in [3.8, 4) is 27.4 Å². The number of furan rings is 1. The van der Waals surface area contributed by atoms with E-state index in [1.807, 2.05) is 18.2 Å². The van der Waals surface area contributed by atoms with Gasteiger partial charge in [-0.25, -0.2) is 4.98 Å². The molecule has 10 aromatic rings. The molecule has 3 nitrogen and oxygen atoms in total. The lowest BCUT2D eigenvalue weighted by Crippen LogP contribution is -1.93. The number of thiazole rings is 1. The van der Waals surface area contributed by atoms with Gasteiger partial charge in [-0.2, -0.15) is 0 Å². The molecule has 0 amide bonds. The molecule has 45 heavy (non-hydrogen) atoms. The van der Waals surface area contributed by atoms with Crippen LogP contribution in [-0.4, -0.2) is 9.55 Å². The molecule has 0 aliphatic heterocycles. The molecule has 0 radical (unpaired) electrons. The summed E-state index contributed by atoms with van der Waals surface area (Å²) in [6.07, 6.45) is 0. The Morgan fingerprint density at radius 3 is 2.11 bits per heavy atom. The number of fused-ring (bicyclic) bond motifs is 9. The molecule has 10 rings (SSSR count). The van der Waals surface area contributed by atoms with Gasteiger partial charge in [-0.1, -0.05) is 91.0 Å². The van der Waals surface area contributed by atoms with Crippen LogP contribution in [0.25, 0.3) is 92.1 Å². The van der Waals surface area contributed by atoms with E-state index in [2.05, 4.69) is 132 Å². The zero-order valence-electron chi connectivity index (χ0n) is 24.1. The number of benzene rings is 7. The predicted octanol–water partition coefficient (Wildman–Crippen LogP) is 11.8. The van der Waals surface area contributed by atoms with Crippen LogP contribution in [0.1, 0.15) is 0 Å². The summed E-state index contributed by atoms with van der Waals surface area (Å²) in [5, 5.41) is 8.30. The van der Waals surface area contributed by atoms with E-state index in [0.29, 0.717) is 0 Å². The van der Waals surface area contributed by atoms with Crippen molar-refractivity contribution in [2.75, 3.05) is 0 Å². The summed E-state index contributed by atoms with van der Waals surface area (Å²) in [7, 11) is 0. The molecule has 210 valence electrons. The van der Waals surface area contributed by atoms with Gasteiger partial charge < -0.3 is 8.98 Å². The Balaban J connectivity index is 1.15. The van der Waals surface area contributed by atoms with Gasteiger partial charge in [0.25, 0.3) is 0 Å². The van der Waals surface area contributed by atoms with Gasteiger partial charge in [-0.15, -0.1) is 11.3 Å². The second kappa shape index (κ2) is 9.39. The highest BCUT2D eigenvalue weighted by molar-refractivity contribution is 7.22. The molecule has 3 heterocycles. The van der Waals surface area contributed by atoms with Crippen molar-refractivity contribution in [3.05, 3.63) is 146 Å². The van der Waals surface area contributed by atoms with Crippen LogP contribution in [0.3, 0.4) is 0 Å². The Kier molecular flexibility index (Phi) is 5.16. The fraction of sp³-hybridized carbons (Fsp3) is 0. The van der Waals surface area contributed by atoms with Crippen molar-refractivity contribution in [2.24, 2.45) is 0 Å². The van der Waals surface area contributed by atoms with Gasteiger partial charge in [-0.05, 0) is 70.9 Å². The standard InChI is InChI=1S/C41H24N2OS/c1-2-10-25(11-3-1)32-24-34-40(38-31-15-7-9-17-37(31)44-39(32)38)45-41(42-34)26-18-20-29(21-19-26)43-35-16-8-6-14-30(35)33-22-27-12-4-5-13-28(27)23-36(33)43/h1-24H. The molecule has 0 fully saturated rings. The van der Waals surface area contributed by atoms with E-state index in [-0.39, 0.29) is 0 Å². The fourth-order valence-electron chi connectivity index (χ4n) is 6.91. The molecular weight excluding hydrogens is 569 g/mol. The quantitative estimate of drug-likeness (QED) is 0.204. The lowest BCUT2D eigenvalue weighted by atomic mass is 10.0. The van der Waals surface area contributed by atoms with Crippen LogP contribution in [0.5, 0.6) is 0 Å². The molecule has 4 heteroatoms. The largest absolute Gasteiger partial charge is 0.455 e. The van der Waals surface area contributed by atoms with E-state index in [0.717, 1.165) is 59.5 Å². The zero-order valence-corrected chi connectivity index (χ0v) is 24.9. The zero-order chi connectivity index (χ0) is 29.5. The first kappa shape index (κ1) is 24.7. The van der Waals surface area contributed by atoms with Gasteiger partial charge >= 0.3 is 0 Å². The lowest BCUT2D eigenvalue weighted by molar-refractivity contribution is 0.670. The van der Waals surface area contributed by atoms with Crippen molar-refractivity contribution < 1.29 is 4.42 Å². The van der Waals surface area contributed by atoms with E-state index in [4.69, 9.17) is 9.40 Å². The SMILES string of the molecule is c1ccc(-c2cc3nc(-c4ccc(-n5c6ccccc6c6cc7ccccc7cc65)cc4)sc3c3c2oc2ccccc23)cc1. The molecule has 0 spiro atoms. The highest BCUT2D eigenvalue weighted by atomic mass is 32.1. The van der Waals surface area contributed by atoms with Gasteiger partial charge in [0.1, 0.15) is 16.2 Å². The summed E-state index contributed by atoms with van der Waals surface area (Å²) in [6, 6.07) is 51.7. The Morgan fingerprint density at radius 1 is 0.556 bits per heavy atom. The monoisotopic (exact) mass is 592 g/mol. The molecule has 0 saturated carbocycles. The summed E-state index contributed by atoms with van der Waals surface area (Å²) in [6.45, 7) is 0. The molecule has 0 saturated heterocycles. The molecule has 0 N–H and O–H groups in total. The van der Waals surface area contributed by atoms with Crippen LogP contribution < -0.4 is 0 Å². The smallest absolute Gasteiger partial charge is 0.144 e. The Hall–Kier alpha value is -5.71. The summed E-state index contributed by atoms with van der Waals surface area (Å²) in [5.41, 5.74) is 9.66. The van der Waals surface area contributed by atoms with E-state index >= 15 is 0 Å². The highest BCUT2D eigenvalue weighted by Gasteiger charge is 2.20. The first-order chi connectivity index (χ1) is 22.3. The van der Waals surface area contributed by atoms with Crippen LogP contribution in [0.15, 0.2) is 150 Å². The minimum atomic E-state index is 0.899. The second-order valence-corrected chi connectivity index (χ2v) is 12.6. The summed E-state index contributed by atoms with van der Waals surface area (Å²) in [4.78, 5) is 5.20. The van der Waals surface area contributed by atoms with Crippen molar-refractivity contribution in [3.63, 3.8) is 0 Å². The first-order valence-corrected chi connectivity index (χ1v) is 15.9. The van der Waals surface area contributed by atoms with Gasteiger partial charge in [0, 0.05) is 38.4 Å².